The van der Waals surface area contributed by atoms with Crippen molar-refractivity contribution >= 4 is 12.0 Å². The number of nitrogens with one attached hydrogen (secondary N) is 1. The van der Waals surface area contributed by atoms with E-state index in [1.165, 1.54) is 12.1 Å². The Bertz CT molecular complexity index is 1200. The summed E-state index contributed by atoms with van der Waals surface area (Å²) in [4.78, 5) is 27.4. The van der Waals surface area contributed by atoms with Gasteiger partial charge in [-0.2, -0.15) is 5.10 Å². The Kier molecular flexibility index (Phi) is 7.72. The monoisotopic (exact) mass is 492 g/mol. The van der Waals surface area contributed by atoms with E-state index in [1.807, 2.05) is 51.1 Å². The molecule has 8 heteroatoms. The molecule has 7 nitrogen and oxygen atoms in total. The molecule has 3 aromatic rings. The van der Waals surface area contributed by atoms with Gasteiger partial charge in [0.15, 0.2) is 0 Å². The smallest absolute Gasteiger partial charge is 0.410 e. The van der Waals surface area contributed by atoms with Crippen LogP contribution in [0, 0.1) is 5.82 Å². The highest BCUT2D eigenvalue weighted by Crippen LogP contribution is 2.33. The van der Waals surface area contributed by atoms with Crippen molar-refractivity contribution in [1.29, 1.82) is 0 Å². The third kappa shape index (κ3) is 6.30. The van der Waals surface area contributed by atoms with E-state index in [9.17, 15) is 14.0 Å². The van der Waals surface area contributed by atoms with Crippen LogP contribution in [0.5, 0.6) is 0 Å². The van der Waals surface area contributed by atoms with E-state index in [0.29, 0.717) is 50.1 Å². The number of likely N-dealkylation sites (tertiary alicyclic amines) is 1. The summed E-state index contributed by atoms with van der Waals surface area (Å²) in [6, 6.07) is 16.1. The molecule has 0 bridgehead atoms. The fourth-order valence-corrected chi connectivity index (χ4v) is 4.46. The molecule has 1 aromatic heterocycles. The van der Waals surface area contributed by atoms with Gasteiger partial charge in [0.1, 0.15) is 11.4 Å². The van der Waals surface area contributed by atoms with Gasteiger partial charge in [-0.3, -0.25) is 4.79 Å². The van der Waals surface area contributed by atoms with E-state index in [-0.39, 0.29) is 23.7 Å². The lowest BCUT2D eigenvalue weighted by molar-refractivity contribution is 0.0203. The van der Waals surface area contributed by atoms with Gasteiger partial charge in [0, 0.05) is 25.6 Å². The normalized spacial score (nSPS) is 14.5. The molecule has 0 unspecified atom stereocenters. The second-order valence-electron chi connectivity index (χ2n) is 10.1. The Balaban J connectivity index is 1.53. The first kappa shape index (κ1) is 25.4. The molecule has 0 aliphatic carbocycles. The Morgan fingerprint density at radius 1 is 1.08 bits per heavy atom. The molecular weight excluding hydrogens is 459 g/mol. The third-order valence-corrected chi connectivity index (χ3v) is 6.18. The number of halogens is 1. The quantitative estimate of drug-likeness (QED) is 0.520. The molecule has 1 aliphatic heterocycles. The first-order chi connectivity index (χ1) is 17.2. The van der Waals surface area contributed by atoms with Crippen LogP contribution >= 0.6 is 0 Å². The van der Waals surface area contributed by atoms with E-state index in [4.69, 9.17) is 4.74 Å². The minimum atomic E-state index is -0.561. The lowest BCUT2D eigenvalue weighted by atomic mass is 9.91. The number of hydrogen-bond donors (Lipinski definition) is 1. The minimum Gasteiger partial charge on any atom is -0.444 e. The molecule has 190 valence electrons. The van der Waals surface area contributed by atoms with E-state index in [2.05, 4.69) is 10.4 Å². The van der Waals surface area contributed by atoms with Crippen LogP contribution < -0.4 is 5.32 Å². The summed E-state index contributed by atoms with van der Waals surface area (Å²) in [7, 11) is 0. The van der Waals surface area contributed by atoms with E-state index in [1.54, 1.807) is 27.9 Å². The fourth-order valence-electron chi connectivity index (χ4n) is 4.46. The standard InChI is InChI=1S/C28H33FN4O3/c1-28(2,3)36-27(35)32-16-13-21(14-17-32)25-24(19-31-33(25)23-11-7-10-22(29)18-23)26(34)30-15-12-20-8-5-4-6-9-20/h4-11,18-19,21H,12-17H2,1-3H3,(H,30,34). The molecule has 4 rings (SSSR count). The van der Waals surface area contributed by atoms with Crippen LogP contribution in [0.15, 0.2) is 60.8 Å². The second kappa shape index (κ2) is 10.9. The van der Waals surface area contributed by atoms with Gasteiger partial charge >= 0.3 is 6.09 Å². The molecule has 2 amide bonds. The minimum absolute atomic E-state index is 0.0238. The van der Waals surface area contributed by atoms with Gasteiger partial charge in [-0.05, 0) is 63.8 Å². The Morgan fingerprint density at radius 2 is 1.81 bits per heavy atom. The molecule has 1 N–H and O–H groups in total. The van der Waals surface area contributed by atoms with E-state index in [0.717, 1.165) is 11.3 Å². The molecule has 2 aromatic carbocycles. The van der Waals surface area contributed by atoms with Gasteiger partial charge in [0.05, 0.1) is 23.1 Å². The maximum Gasteiger partial charge on any atom is 0.410 e. The first-order valence-corrected chi connectivity index (χ1v) is 12.3. The summed E-state index contributed by atoms with van der Waals surface area (Å²) >= 11 is 0. The van der Waals surface area contributed by atoms with Crippen molar-refractivity contribution in [2.45, 2.75) is 51.6 Å². The predicted octanol–water partition coefficient (Wildman–Crippen LogP) is 5.10. The number of rotatable bonds is 6. The Morgan fingerprint density at radius 3 is 2.47 bits per heavy atom. The molecule has 0 spiro atoms. The third-order valence-electron chi connectivity index (χ3n) is 6.18. The van der Waals surface area contributed by atoms with Crippen molar-refractivity contribution in [1.82, 2.24) is 20.0 Å². The van der Waals surface area contributed by atoms with Crippen LogP contribution in [0.4, 0.5) is 9.18 Å². The average molecular weight is 493 g/mol. The number of hydrogen-bond acceptors (Lipinski definition) is 4. The Labute approximate surface area is 211 Å². The molecule has 1 saturated heterocycles. The first-order valence-electron chi connectivity index (χ1n) is 12.3. The van der Waals surface area contributed by atoms with Crippen LogP contribution in [0.3, 0.4) is 0 Å². The van der Waals surface area contributed by atoms with Crippen LogP contribution in [0.25, 0.3) is 5.69 Å². The van der Waals surface area contributed by atoms with Gasteiger partial charge < -0.3 is 15.0 Å². The van der Waals surface area contributed by atoms with Crippen LogP contribution in [-0.4, -0.2) is 51.9 Å². The predicted molar refractivity (Wildman–Crippen MR) is 136 cm³/mol. The number of piperidine rings is 1. The molecule has 36 heavy (non-hydrogen) atoms. The van der Waals surface area contributed by atoms with Crippen molar-refractivity contribution < 1.29 is 18.7 Å². The number of benzene rings is 2. The number of nitrogens with zero attached hydrogens (tertiary/aromatic N) is 3. The fraction of sp³-hybridized carbons (Fsp3) is 0.393. The second-order valence-corrected chi connectivity index (χ2v) is 10.1. The van der Waals surface area contributed by atoms with Gasteiger partial charge in [0.25, 0.3) is 5.91 Å². The summed E-state index contributed by atoms with van der Waals surface area (Å²) < 4.78 is 21.2. The summed E-state index contributed by atoms with van der Waals surface area (Å²) in [5.41, 5.74) is 2.35. The topological polar surface area (TPSA) is 76.5 Å². The van der Waals surface area contributed by atoms with Gasteiger partial charge in [0.2, 0.25) is 0 Å². The largest absolute Gasteiger partial charge is 0.444 e. The maximum atomic E-state index is 14.0. The molecule has 2 heterocycles. The van der Waals surface area contributed by atoms with E-state index >= 15 is 0 Å². The summed E-state index contributed by atoms with van der Waals surface area (Å²) in [5.74, 6) is -0.606. The zero-order valence-electron chi connectivity index (χ0n) is 21.0. The van der Waals surface area contributed by atoms with Crippen LogP contribution in [-0.2, 0) is 11.2 Å². The number of aromatic nitrogens is 2. The lowest BCUT2D eigenvalue weighted by Crippen LogP contribution is -2.41. The van der Waals surface area contributed by atoms with Crippen LogP contribution in [0.1, 0.15) is 61.1 Å². The molecule has 0 atom stereocenters. The molecule has 0 radical (unpaired) electrons. The number of carbonyl (C=O) groups excluding carboxylic acids is 2. The van der Waals surface area contributed by atoms with Crippen molar-refractivity contribution in [2.75, 3.05) is 19.6 Å². The summed E-state index contributed by atoms with van der Waals surface area (Å²) in [6.45, 7) is 7.03. The average Bonchev–Trinajstić information content (AvgIpc) is 3.29. The lowest BCUT2D eigenvalue weighted by Gasteiger charge is -2.34. The van der Waals surface area contributed by atoms with Crippen molar-refractivity contribution in [3.63, 3.8) is 0 Å². The zero-order valence-corrected chi connectivity index (χ0v) is 21.0. The number of carbonyl (C=O) groups is 2. The molecule has 0 saturated carbocycles. The number of ether oxygens (including phenoxy) is 1. The summed E-state index contributed by atoms with van der Waals surface area (Å²) in [5, 5.41) is 7.48. The maximum absolute atomic E-state index is 14.0. The SMILES string of the molecule is CC(C)(C)OC(=O)N1CCC(c2c(C(=O)NCCc3ccccc3)cnn2-c2cccc(F)c2)CC1. The molecule has 1 fully saturated rings. The highest BCUT2D eigenvalue weighted by atomic mass is 19.1. The highest BCUT2D eigenvalue weighted by Gasteiger charge is 2.32. The van der Waals surface area contributed by atoms with Crippen LogP contribution in [0.2, 0.25) is 0 Å². The van der Waals surface area contributed by atoms with Crippen molar-refractivity contribution in [3.8, 4) is 5.69 Å². The van der Waals surface area contributed by atoms with Gasteiger partial charge in [-0.15, -0.1) is 0 Å². The molecule has 1 aliphatic rings. The Hall–Kier alpha value is -3.68. The highest BCUT2D eigenvalue weighted by molar-refractivity contribution is 5.95. The van der Waals surface area contributed by atoms with Gasteiger partial charge in [-0.25, -0.2) is 13.9 Å². The summed E-state index contributed by atoms with van der Waals surface area (Å²) in [6.07, 6.45) is 3.22. The molecular formula is C28H33FN4O3. The van der Waals surface area contributed by atoms with E-state index < -0.39 is 5.60 Å². The van der Waals surface area contributed by atoms with Crippen molar-refractivity contribution in [3.05, 3.63) is 83.4 Å². The van der Waals surface area contributed by atoms with Gasteiger partial charge in [-0.1, -0.05) is 36.4 Å². The zero-order chi connectivity index (χ0) is 25.7. The number of amides is 2. The van der Waals surface area contributed by atoms with Crippen molar-refractivity contribution in [2.24, 2.45) is 0 Å².